The van der Waals surface area contributed by atoms with Gasteiger partial charge in [0, 0.05) is 48.9 Å². The molecule has 0 saturated carbocycles. The molecular weight excluding hydrogens is 468 g/mol. The number of hydrogen-bond acceptors (Lipinski definition) is 5. The highest BCUT2D eigenvalue weighted by atomic mass is 35.5. The zero-order valence-corrected chi connectivity index (χ0v) is 20.8. The molecule has 3 aromatic rings. The lowest BCUT2D eigenvalue weighted by molar-refractivity contribution is -0.138. The van der Waals surface area contributed by atoms with E-state index >= 15 is 0 Å². The van der Waals surface area contributed by atoms with Crippen molar-refractivity contribution in [1.29, 1.82) is 0 Å². The summed E-state index contributed by atoms with van der Waals surface area (Å²) in [5.74, 6) is 0.883. The zero-order valence-electron chi connectivity index (χ0n) is 20.1. The van der Waals surface area contributed by atoms with Crippen LogP contribution in [0.15, 0.2) is 48.5 Å². The van der Waals surface area contributed by atoms with Crippen LogP contribution < -0.4 is 14.8 Å². The van der Waals surface area contributed by atoms with Crippen molar-refractivity contribution >= 4 is 23.4 Å². The van der Waals surface area contributed by atoms with Crippen molar-refractivity contribution in [2.24, 2.45) is 0 Å². The van der Waals surface area contributed by atoms with Gasteiger partial charge in [-0.15, -0.1) is 0 Å². The first-order chi connectivity index (χ1) is 16.9. The predicted molar refractivity (Wildman–Crippen MR) is 133 cm³/mol. The number of nitrogens with one attached hydrogen (secondary N) is 1. The number of carbonyl (C=O) groups excluding carboxylic acids is 2. The summed E-state index contributed by atoms with van der Waals surface area (Å²) in [6.45, 7) is 5.57. The highest BCUT2D eigenvalue weighted by Gasteiger charge is 2.32. The van der Waals surface area contributed by atoms with Gasteiger partial charge in [0.15, 0.2) is 11.8 Å². The number of carbonyl (C=O) groups is 2. The number of fused-ring (bicyclic) bond motifs is 1. The molecule has 4 rings (SSSR count). The topological polar surface area (TPSA) is 85.7 Å². The fraction of sp³-hybridized carbons (Fsp3) is 0.346. The molecule has 0 aliphatic carbocycles. The van der Waals surface area contributed by atoms with E-state index in [2.05, 4.69) is 10.4 Å². The van der Waals surface area contributed by atoms with Crippen molar-refractivity contribution in [1.82, 2.24) is 20.0 Å². The molecule has 0 saturated heterocycles. The molecule has 0 bridgehead atoms. The standard InChI is InChI=1S/C26H29ClN4O4/c1-4-31-23-12-13-30(26(33)17(2)35-21-7-5-6-19(27)14-21)16-22(23)24(29-31)25(32)28-15-18-8-10-20(34-3)11-9-18/h5-11,14,17H,4,12-13,15-16H2,1-3H3,(H,28,32)/t17-/m0/s1. The maximum atomic E-state index is 13.1. The molecule has 35 heavy (non-hydrogen) atoms. The second kappa shape index (κ2) is 10.8. The van der Waals surface area contributed by atoms with Crippen LogP contribution in [-0.4, -0.2) is 46.3 Å². The molecule has 184 valence electrons. The Balaban J connectivity index is 1.46. The van der Waals surface area contributed by atoms with Gasteiger partial charge >= 0.3 is 0 Å². The Bertz CT molecular complexity index is 1210. The minimum Gasteiger partial charge on any atom is -0.497 e. The number of ether oxygens (including phenoxy) is 2. The fourth-order valence-electron chi connectivity index (χ4n) is 4.18. The highest BCUT2D eigenvalue weighted by Crippen LogP contribution is 2.25. The molecule has 2 aromatic carbocycles. The van der Waals surface area contributed by atoms with Crippen molar-refractivity contribution in [2.75, 3.05) is 13.7 Å². The first-order valence-corrected chi connectivity index (χ1v) is 12.0. The third kappa shape index (κ3) is 5.59. The van der Waals surface area contributed by atoms with E-state index in [4.69, 9.17) is 21.1 Å². The summed E-state index contributed by atoms with van der Waals surface area (Å²) in [5.41, 5.74) is 3.09. The first kappa shape index (κ1) is 24.6. The molecule has 2 amide bonds. The van der Waals surface area contributed by atoms with Gasteiger partial charge in [-0.25, -0.2) is 0 Å². The molecule has 0 unspecified atom stereocenters. The van der Waals surface area contributed by atoms with Crippen LogP contribution in [0.4, 0.5) is 0 Å². The van der Waals surface area contributed by atoms with Crippen LogP contribution in [0.2, 0.25) is 5.02 Å². The van der Waals surface area contributed by atoms with Gasteiger partial charge in [0.2, 0.25) is 0 Å². The van der Waals surface area contributed by atoms with E-state index in [9.17, 15) is 9.59 Å². The summed E-state index contributed by atoms with van der Waals surface area (Å²) < 4.78 is 12.9. The van der Waals surface area contributed by atoms with E-state index in [0.717, 1.165) is 22.6 Å². The monoisotopic (exact) mass is 496 g/mol. The Morgan fingerprint density at radius 3 is 2.63 bits per heavy atom. The smallest absolute Gasteiger partial charge is 0.272 e. The largest absolute Gasteiger partial charge is 0.497 e. The minimum atomic E-state index is -0.691. The van der Waals surface area contributed by atoms with E-state index in [1.807, 2.05) is 35.9 Å². The molecule has 0 radical (unpaired) electrons. The first-order valence-electron chi connectivity index (χ1n) is 11.6. The summed E-state index contributed by atoms with van der Waals surface area (Å²) in [7, 11) is 1.61. The summed E-state index contributed by atoms with van der Waals surface area (Å²) in [4.78, 5) is 27.9. The quantitative estimate of drug-likeness (QED) is 0.512. The Labute approximate surface area is 209 Å². The molecule has 8 nitrogen and oxygen atoms in total. The lowest BCUT2D eigenvalue weighted by Crippen LogP contribution is -2.43. The average molecular weight is 497 g/mol. The number of halogens is 1. The van der Waals surface area contributed by atoms with Gasteiger partial charge in [0.1, 0.15) is 11.5 Å². The van der Waals surface area contributed by atoms with Crippen LogP contribution in [0.5, 0.6) is 11.5 Å². The number of methoxy groups -OCH3 is 1. The second-order valence-electron chi connectivity index (χ2n) is 8.35. The number of rotatable bonds is 8. The molecule has 1 atom stereocenters. The van der Waals surface area contributed by atoms with Crippen LogP contribution >= 0.6 is 11.6 Å². The van der Waals surface area contributed by atoms with Gasteiger partial charge in [-0.3, -0.25) is 14.3 Å². The maximum Gasteiger partial charge on any atom is 0.272 e. The van der Waals surface area contributed by atoms with Gasteiger partial charge in [-0.1, -0.05) is 29.8 Å². The fourth-order valence-corrected chi connectivity index (χ4v) is 4.36. The van der Waals surface area contributed by atoms with E-state index < -0.39 is 6.10 Å². The molecule has 9 heteroatoms. The maximum absolute atomic E-state index is 13.1. The van der Waals surface area contributed by atoms with Crippen LogP contribution in [0, 0.1) is 0 Å². The van der Waals surface area contributed by atoms with Gasteiger partial charge in [-0.05, 0) is 49.7 Å². The molecule has 2 heterocycles. The van der Waals surface area contributed by atoms with Crippen molar-refractivity contribution < 1.29 is 19.1 Å². The van der Waals surface area contributed by atoms with E-state index in [1.165, 1.54) is 0 Å². The molecule has 1 aromatic heterocycles. The molecule has 0 spiro atoms. The van der Waals surface area contributed by atoms with Gasteiger partial charge < -0.3 is 19.7 Å². The number of amides is 2. The molecule has 1 N–H and O–H groups in total. The van der Waals surface area contributed by atoms with Crippen molar-refractivity contribution in [3.05, 3.63) is 76.1 Å². The molecule has 1 aliphatic rings. The predicted octanol–water partition coefficient (Wildman–Crippen LogP) is 3.85. The highest BCUT2D eigenvalue weighted by molar-refractivity contribution is 6.30. The number of hydrogen-bond donors (Lipinski definition) is 1. The lowest BCUT2D eigenvalue weighted by Gasteiger charge is -2.30. The van der Waals surface area contributed by atoms with Gasteiger partial charge in [0.05, 0.1) is 7.11 Å². The number of aromatic nitrogens is 2. The SMILES string of the molecule is CCn1nc(C(=O)NCc2ccc(OC)cc2)c2c1CCN(C(=O)[C@H](C)Oc1cccc(Cl)c1)C2. The van der Waals surface area contributed by atoms with Crippen LogP contribution in [0.25, 0.3) is 0 Å². The third-order valence-electron chi connectivity index (χ3n) is 6.03. The Morgan fingerprint density at radius 2 is 1.94 bits per heavy atom. The van der Waals surface area contributed by atoms with Crippen molar-refractivity contribution in [3.63, 3.8) is 0 Å². The third-order valence-corrected chi connectivity index (χ3v) is 6.26. The van der Waals surface area contributed by atoms with E-state index in [-0.39, 0.29) is 11.8 Å². The van der Waals surface area contributed by atoms with E-state index in [0.29, 0.717) is 49.1 Å². The van der Waals surface area contributed by atoms with Crippen molar-refractivity contribution in [2.45, 2.75) is 46.0 Å². The van der Waals surface area contributed by atoms with Crippen molar-refractivity contribution in [3.8, 4) is 11.5 Å². The van der Waals surface area contributed by atoms with Crippen LogP contribution in [0.1, 0.15) is 41.2 Å². The number of nitrogens with zero attached hydrogens (tertiary/aromatic N) is 3. The molecule has 1 aliphatic heterocycles. The number of benzene rings is 2. The summed E-state index contributed by atoms with van der Waals surface area (Å²) >= 11 is 6.03. The average Bonchev–Trinajstić information content (AvgIpc) is 3.25. The normalized spacial score (nSPS) is 13.7. The summed E-state index contributed by atoms with van der Waals surface area (Å²) in [6.07, 6.45) is -0.0685. The summed E-state index contributed by atoms with van der Waals surface area (Å²) in [5, 5.41) is 8.06. The van der Waals surface area contributed by atoms with Gasteiger partial charge in [0.25, 0.3) is 11.8 Å². The molecular formula is C26H29ClN4O4. The Hall–Kier alpha value is -3.52. The van der Waals surface area contributed by atoms with Crippen LogP contribution in [0.3, 0.4) is 0 Å². The van der Waals surface area contributed by atoms with Crippen LogP contribution in [-0.2, 0) is 30.8 Å². The lowest BCUT2D eigenvalue weighted by atomic mass is 10.0. The number of aryl methyl sites for hydroxylation is 1. The minimum absolute atomic E-state index is 0.149. The second-order valence-corrected chi connectivity index (χ2v) is 8.78. The summed E-state index contributed by atoms with van der Waals surface area (Å²) in [6, 6.07) is 14.5. The van der Waals surface area contributed by atoms with E-state index in [1.54, 1.807) is 43.2 Å². The Kier molecular flexibility index (Phi) is 7.60. The zero-order chi connectivity index (χ0) is 24.9. The van der Waals surface area contributed by atoms with Gasteiger partial charge in [-0.2, -0.15) is 5.10 Å². The molecule has 0 fully saturated rings. The Morgan fingerprint density at radius 1 is 1.17 bits per heavy atom.